The predicted molar refractivity (Wildman–Crippen MR) is 84.9 cm³/mol. The first-order chi connectivity index (χ1) is 10.6. The molecular formula is C15H23N3O4. The highest BCUT2D eigenvalue weighted by Crippen LogP contribution is 2.11. The van der Waals surface area contributed by atoms with Crippen LogP contribution in [0.15, 0.2) is 14.8 Å². The summed E-state index contributed by atoms with van der Waals surface area (Å²) < 4.78 is 2.22. The van der Waals surface area contributed by atoms with Gasteiger partial charge in [-0.1, -0.05) is 39.5 Å². The Bertz CT molecular complexity index is 631. The summed E-state index contributed by atoms with van der Waals surface area (Å²) in [6.07, 6.45) is 5.40. The Morgan fingerprint density at radius 2 is 1.50 bits per heavy atom. The normalized spacial score (nSPS) is 10.6. The second-order valence-corrected chi connectivity index (χ2v) is 5.25. The van der Waals surface area contributed by atoms with Crippen LogP contribution in [-0.4, -0.2) is 15.4 Å². The molecule has 7 nitrogen and oxygen atoms in total. The van der Waals surface area contributed by atoms with Gasteiger partial charge in [0.15, 0.2) is 12.0 Å². The Morgan fingerprint density at radius 1 is 0.955 bits per heavy atom. The number of carbonyl (C=O) groups excluding carboxylic acids is 1. The molecule has 1 aromatic rings. The molecule has 0 aromatic carbocycles. The zero-order valence-electron chi connectivity index (χ0n) is 13.2. The third kappa shape index (κ3) is 3.99. The molecule has 1 heterocycles. The maximum absolute atomic E-state index is 12.4. The number of hydrogen-bond donors (Lipinski definition) is 0. The van der Waals surface area contributed by atoms with E-state index in [-0.39, 0.29) is 12.2 Å². The summed E-state index contributed by atoms with van der Waals surface area (Å²) >= 11 is 0. The van der Waals surface area contributed by atoms with Crippen LogP contribution in [0.2, 0.25) is 0 Å². The van der Waals surface area contributed by atoms with Gasteiger partial charge in [-0.15, -0.1) is 4.91 Å². The third-order valence-electron chi connectivity index (χ3n) is 3.62. The van der Waals surface area contributed by atoms with E-state index < -0.39 is 16.9 Å². The molecule has 0 aliphatic heterocycles. The molecule has 0 unspecified atom stereocenters. The Kier molecular flexibility index (Phi) is 7.42. The van der Waals surface area contributed by atoms with Crippen molar-refractivity contribution in [3.63, 3.8) is 0 Å². The van der Waals surface area contributed by atoms with Gasteiger partial charge in [-0.3, -0.25) is 18.7 Å². The molecule has 0 amide bonds. The zero-order chi connectivity index (χ0) is 16.5. The van der Waals surface area contributed by atoms with Crippen LogP contribution in [-0.2, 0) is 13.1 Å². The molecule has 1 rings (SSSR count). The predicted octanol–water partition coefficient (Wildman–Crippen LogP) is 2.60. The highest BCUT2D eigenvalue weighted by Gasteiger charge is 2.19. The molecule has 7 heteroatoms. The van der Waals surface area contributed by atoms with Crippen LogP contribution in [0.3, 0.4) is 0 Å². The summed E-state index contributed by atoms with van der Waals surface area (Å²) in [4.78, 5) is 46.8. The molecule has 0 saturated heterocycles. The van der Waals surface area contributed by atoms with Crippen molar-refractivity contribution >= 4 is 12.0 Å². The van der Waals surface area contributed by atoms with Gasteiger partial charge in [0.25, 0.3) is 5.56 Å². The van der Waals surface area contributed by atoms with Crippen molar-refractivity contribution in [2.45, 2.75) is 65.5 Å². The lowest BCUT2D eigenvalue weighted by Crippen LogP contribution is -2.41. The minimum absolute atomic E-state index is 0.215. The molecule has 0 saturated carbocycles. The number of aldehydes is 1. The number of nitroso groups, excluding NO2 is 1. The van der Waals surface area contributed by atoms with E-state index in [9.17, 15) is 19.3 Å². The van der Waals surface area contributed by atoms with Crippen LogP contribution in [0.5, 0.6) is 0 Å². The SMILES string of the molecule is CCCCCn1c(C=O)c(N=O)c(=O)n(CCCCC)c1=O. The van der Waals surface area contributed by atoms with Crippen LogP contribution >= 0.6 is 0 Å². The van der Waals surface area contributed by atoms with Gasteiger partial charge in [0.2, 0.25) is 0 Å². The number of unbranched alkanes of at least 4 members (excludes halogenated alkanes) is 4. The lowest BCUT2D eigenvalue weighted by Gasteiger charge is -2.13. The molecule has 122 valence electrons. The number of rotatable bonds is 10. The van der Waals surface area contributed by atoms with Crippen LogP contribution in [0, 0.1) is 4.91 Å². The molecule has 0 N–H and O–H groups in total. The fourth-order valence-electron chi connectivity index (χ4n) is 2.36. The van der Waals surface area contributed by atoms with E-state index in [2.05, 4.69) is 5.18 Å². The van der Waals surface area contributed by atoms with Gasteiger partial charge in [0, 0.05) is 13.1 Å². The van der Waals surface area contributed by atoms with E-state index in [4.69, 9.17) is 0 Å². The molecule has 0 aliphatic carbocycles. The number of aromatic nitrogens is 2. The topological polar surface area (TPSA) is 90.5 Å². The van der Waals surface area contributed by atoms with Crippen molar-refractivity contribution in [3.05, 3.63) is 31.4 Å². The maximum atomic E-state index is 12.4. The minimum atomic E-state index is -0.773. The molecule has 1 aromatic heterocycles. The summed E-state index contributed by atoms with van der Waals surface area (Å²) in [6, 6.07) is 0. The molecular weight excluding hydrogens is 286 g/mol. The fourth-order valence-corrected chi connectivity index (χ4v) is 2.36. The van der Waals surface area contributed by atoms with Gasteiger partial charge in [0.05, 0.1) is 0 Å². The van der Waals surface area contributed by atoms with Crippen molar-refractivity contribution in [1.82, 2.24) is 9.13 Å². The second-order valence-electron chi connectivity index (χ2n) is 5.25. The van der Waals surface area contributed by atoms with Gasteiger partial charge in [-0.05, 0) is 18.0 Å². The van der Waals surface area contributed by atoms with Crippen LogP contribution < -0.4 is 11.2 Å². The minimum Gasteiger partial charge on any atom is -0.296 e. The van der Waals surface area contributed by atoms with E-state index in [1.807, 2.05) is 13.8 Å². The zero-order valence-corrected chi connectivity index (χ0v) is 13.2. The monoisotopic (exact) mass is 309 g/mol. The fraction of sp³-hybridized carbons (Fsp3) is 0.667. The van der Waals surface area contributed by atoms with Crippen molar-refractivity contribution < 1.29 is 4.79 Å². The molecule has 0 bridgehead atoms. The van der Waals surface area contributed by atoms with Gasteiger partial charge in [-0.2, -0.15) is 0 Å². The number of nitrogens with zero attached hydrogens (tertiary/aromatic N) is 3. The first-order valence-electron chi connectivity index (χ1n) is 7.78. The van der Waals surface area contributed by atoms with Gasteiger partial charge >= 0.3 is 5.69 Å². The molecule has 22 heavy (non-hydrogen) atoms. The van der Waals surface area contributed by atoms with Gasteiger partial charge in [0.1, 0.15) is 5.69 Å². The summed E-state index contributed by atoms with van der Waals surface area (Å²) in [6.45, 7) is 4.57. The van der Waals surface area contributed by atoms with E-state index in [1.165, 1.54) is 4.57 Å². The van der Waals surface area contributed by atoms with E-state index in [0.717, 1.165) is 30.3 Å². The molecule has 0 atom stereocenters. The second kappa shape index (κ2) is 9.07. The molecule has 0 fully saturated rings. The van der Waals surface area contributed by atoms with Gasteiger partial charge in [-0.25, -0.2) is 4.79 Å². The largest absolute Gasteiger partial charge is 0.331 e. The Hall–Kier alpha value is -2.05. The van der Waals surface area contributed by atoms with E-state index in [1.54, 1.807) is 0 Å². The number of carbonyl (C=O) groups is 1. The average Bonchev–Trinajstić information content (AvgIpc) is 2.52. The molecule has 0 spiro atoms. The van der Waals surface area contributed by atoms with Gasteiger partial charge < -0.3 is 0 Å². The van der Waals surface area contributed by atoms with E-state index in [0.29, 0.717) is 25.7 Å². The third-order valence-corrected chi connectivity index (χ3v) is 3.62. The first kappa shape index (κ1) is 18.0. The molecule has 0 radical (unpaired) electrons. The highest BCUT2D eigenvalue weighted by atomic mass is 16.3. The van der Waals surface area contributed by atoms with Crippen LogP contribution in [0.25, 0.3) is 0 Å². The van der Waals surface area contributed by atoms with E-state index >= 15 is 0 Å². The molecule has 0 aliphatic rings. The first-order valence-corrected chi connectivity index (χ1v) is 7.78. The summed E-state index contributed by atoms with van der Waals surface area (Å²) in [7, 11) is 0. The van der Waals surface area contributed by atoms with Crippen LogP contribution in [0.4, 0.5) is 5.69 Å². The number of hydrogen-bond acceptors (Lipinski definition) is 5. The Morgan fingerprint density at radius 3 is 1.95 bits per heavy atom. The lowest BCUT2D eigenvalue weighted by molar-refractivity contribution is 0.111. The maximum Gasteiger partial charge on any atom is 0.331 e. The Balaban J connectivity index is 3.36. The summed E-state index contributed by atoms with van der Waals surface area (Å²) in [5.41, 5.74) is -1.99. The standard InChI is InChI=1S/C15H23N3O4/c1-3-5-7-9-17-12(11-19)13(16-22)14(20)18(15(17)21)10-8-6-4-2/h11H,3-10H2,1-2H3. The van der Waals surface area contributed by atoms with Crippen molar-refractivity contribution in [3.8, 4) is 0 Å². The lowest BCUT2D eigenvalue weighted by atomic mass is 10.2. The summed E-state index contributed by atoms with van der Waals surface area (Å²) in [5, 5.41) is 2.69. The quantitative estimate of drug-likeness (QED) is 0.377. The average molecular weight is 309 g/mol. The smallest absolute Gasteiger partial charge is 0.296 e. The Labute approximate surface area is 128 Å². The van der Waals surface area contributed by atoms with Crippen LogP contribution in [0.1, 0.15) is 62.9 Å². The highest BCUT2D eigenvalue weighted by molar-refractivity contribution is 5.79. The van der Waals surface area contributed by atoms with Crippen molar-refractivity contribution in [2.24, 2.45) is 5.18 Å². The van der Waals surface area contributed by atoms with Crippen molar-refractivity contribution in [1.29, 1.82) is 0 Å². The van der Waals surface area contributed by atoms with Crippen molar-refractivity contribution in [2.75, 3.05) is 0 Å². The summed E-state index contributed by atoms with van der Waals surface area (Å²) in [5.74, 6) is 0.